The van der Waals surface area contributed by atoms with Gasteiger partial charge in [-0.1, -0.05) is 18.2 Å². The SMILES string of the molecule is CC(NC(=O)c1cccc(S(=O)(=O)N2CCOCC2)c1)c1cccc(C(F)(F)F)c1. The fraction of sp³-hybridized carbons (Fsp3) is 0.350. The highest BCUT2D eigenvalue weighted by Gasteiger charge is 2.31. The van der Waals surface area contributed by atoms with E-state index in [1.807, 2.05) is 0 Å². The molecular formula is C20H21F3N2O4S. The van der Waals surface area contributed by atoms with Gasteiger partial charge in [-0.2, -0.15) is 17.5 Å². The van der Waals surface area contributed by atoms with Crippen molar-refractivity contribution in [1.29, 1.82) is 0 Å². The van der Waals surface area contributed by atoms with Crippen LogP contribution in [0.4, 0.5) is 13.2 Å². The van der Waals surface area contributed by atoms with Gasteiger partial charge in [-0.3, -0.25) is 4.79 Å². The molecule has 0 aromatic heterocycles. The molecule has 1 N–H and O–H groups in total. The molecule has 3 rings (SSSR count). The van der Waals surface area contributed by atoms with Crippen molar-refractivity contribution in [3.05, 3.63) is 65.2 Å². The first kappa shape index (κ1) is 22.3. The van der Waals surface area contributed by atoms with Crippen molar-refractivity contribution >= 4 is 15.9 Å². The van der Waals surface area contributed by atoms with Crippen LogP contribution in [0, 0.1) is 0 Å². The molecule has 1 fully saturated rings. The van der Waals surface area contributed by atoms with Crippen LogP contribution in [0.5, 0.6) is 0 Å². The molecule has 6 nitrogen and oxygen atoms in total. The Labute approximate surface area is 172 Å². The van der Waals surface area contributed by atoms with Gasteiger partial charge in [0.15, 0.2) is 0 Å². The minimum absolute atomic E-state index is 0.0243. The summed E-state index contributed by atoms with van der Waals surface area (Å²) in [6.07, 6.45) is -4.48. The lowest BCUT2D eigenvalue weighted by atomic mass is 10.0. The lowest BCUT2D eigenvalue weighted by Crippen LogP contribution is -2.40. The Morgan fingerprint density at radius 1 is 1.10 bits per heavy atom. The maximum Gasteiger partial charge on any atom is 0.416 e. The van der Waals surface area contributed by atoms with Crippen molar-refractivity contribution in [1.82, 2.24) is 9.62 Å². The van der Waals surface area contributed by atoms with E-state index >= 15 is 0 Å². The standard InChI is InChI=1S/C20H21F3N2O4S/c1-14(15-4-2-6-17(12-15)20(21,22)23)24-19(26)16-5-3-7-18(13-16)30(27,28)25-8-10-29-11-9-25/h2-7,12-14H,8-11H2,1H3,(H,24,26). The van der Waals surface area contributed by atoms with Crippen molar-refractivity contribution < 1.29 is 31.1 Å². The van der Waals surface area contributed by atoms with Crippen molar-refractivity contribution in [2.75, 3.05) is 26.3 Å². The number of nitrogens with one attached hydrogen (secondary N) is 1. The van der Waals surface area contributed by atoms with Gasteiger partial charge in [-0.25, -0.2) is 8.42 Å². The van der Waals surface area contributed by atoms with Crippen LogP contribution in [0.15, 0.2) is 53.4 Å². The zero-order valence-electron chi connectivity index (χ0n) is 16.1. The molecule has 1 unspecified atom stereocenters. The number of carbonyl (C=O) groups excluding carboxylic acids is 1. The van der Waals surface area contributed by atoms with E-state index in [0.717, 1.165) is 12.1 Å². The number of rotatable bonds is 5. The van der Waals surface area contributed by atoms with Gasteiger partial charge < -0.3 is 10.1 Å². The fourth-order valence-electron chi connectivity index (χ4n) is 3.08. The van der Waals surface area contributed by atoms with Gasteiger partial charge >= 0.3 is 6.18 Å². The second kappa shape index (κ2) is 8.75. The molecule has 0 bridgehead atoms. The summed E-state index contributed by atoms with van der Waals surface area (Å²) < 4.78 is 70.7. The monoisotopic (exact) mass is 442 g/mol. The highest BCUT2D eigenvalue weighted by atomic mass is 32.2. The normalized spacial score (nSPS) is 16.8. The predicted octanol–water partition coefficient (Wildman–Crippen LogP) is 3.22. The van der Waals surface area contributed by atoms with E-state index in [1.54, 1.807) is 6.92 Å². The Kier molecular flexibility index (Phi) is 6.49. The summed E-state index contributed by atoms with van der Waals surface area (Å²) in [5, 5.41) is 2.61. The fourth-order valence-corrected chi connectivity index (χ4v) is 4.54. The average molecular weight is 442 g/mol. The van der Waals surface area contributed by atoms with Gasteiger partial charge in [-0.15, -0.1) is 0 Å². The lowest BCUT2D eigenvalue weighted by Gasteiger charge is -2.26. The molecule has 0 saturated carbocycles. The number of hydrogen-bond donors (Lipinski definition) is 1. The number of morpholine rings is 1. The summed E-state index contributed by atoms with van der Waals surface area (Å²) >= 11 is 0. The molecule has 1 saturated heterocycles. The van der Waals surface area contributed by atoms with Crippen LogP contribution >= 0.6 is 0 Å². The van der Waals surface area contributed by atoms with E-state index in [1.165, 1.54) is 40.7 Å². The van der Waals surface area contributed by atoms with E-state index < -0.39 is 33.7 Å². The number of hydrogen-bond acceptors (Lipinski definition) is 4. The molecule has 10 heteroatoms. The van der Waals surface area contributed by atoms with Gasteiger partial charge in [0.2, 0.25) is 10.0 Å². The number of benzene rings is 2. The number of halogens is 3. The largest absolute Gasteiger partial charge is 0.416 e. The summed E-state index contributed by atoms with van der Waals surface area (Å²) in [7, 11) is -3.77. The number of amides is 1. The molecule has 2 aromatic rings. The Hall–Kier alpha value is -2.43. The molecule has 0 spiro atoms. The first-order valence-electron chi connectivity index (χ1n) is 9.25. The maximum absolute atomic E-state index is 12.9. The van der Waals surface area contributed by atoms with E-state index in [0.29, 0.717) is 13.2 Å². The molecule has 0 radical (unpaired) electrons. The van der Waals surface area contributed by atoms with E-state index in [-0.39, 0.29) is 29.1 Å². The first-order chi connectivity index (χ1) is 14.1. The number of ether oxygens (including phenoxy) is 1. The van der Waals surface area contributed by atoms with Crippen LogP contribution < -0.4 is 5.32 Å². The number of sulfonamides is 1. The highest BCUT2D eigenvalue weighted by molar-refractivity contribution is 7.89. The lowest BCUT2D eigenvalue weighted by molar-refractivity contribution is -0.137. The minimum atomic E-state index is -4.48. The second-order valence-electron chi connectivity index (χ2n) is 6.86. The highest BCUT2D eigenvalue weighted by Crippen LogP contribution is 2.30. The molecule has 30 heavy (non-hydrogen) atoms. The van der Waals surface area contributed by atoms with Crippen LogP contribution in [-0.4, -0.2) is 44.9 Å². The minimum Gasteiger partial charge on any atom is -0.379 e. The summed E-state index contributed by atoms with van der Waals surface area (Å²) in [5.74, 6) is -0.584. The Bertz CT molecular complexity index is 1020. The molecular weight excluding hydrogens is 421 g/mol. The summed E-state index contributed by atoms with van der Waals surface area (Å²) in [6, 6.07) is 9.55. The number of nitrogens with zero attached hydrogens (tertiary/aromatic N) is 1. The quantitative estimate of drug-likeness (QED) is 0.772. The molecule has 2 aromatic carbocycles. The summed E-state index contributed by atoms with van der Waals surface area (Å²) in [5.41, 5.74) is -0.418. The number of alkyl halides is 3. The van der Waals surface area contributed by atoms with Gasteiger partial charge in [0, 0.05) is 18.7 Å². The van der Waals surface area contributed by atoms with E-state index in [4.69, 9.17) is 4.74 Å². The van der Waals surface area contributed by atoms with Gasteiger partial charge in [0.25, 0.3) is 5.91 Å². The summed E-state index contributed by atoms with van der Waals surface area (Å²) in [4.78, 5) is 12.6. The molecule has 1 heterocycles. The molecule has 1 amide bonds. The van der Waals surface area contributed by atoms with Crippen molar-refractivity contribution in [3.8, 4) is 0 Å². The predicted molar refractivity (Wildman–Crippen MR) is 103 cm³/mol. The van der Waals surface area contributed by atoms with Gasteiger partial charge in [0.1, 0.15) is 0 Å². The van der Waals surface area contributed by atoms with Crippen molar-refractivity contribution in [2.24, 2.45) is 0 Å². The van der Waals surface area contributed by atoms with Gasteiger partial charge in [-0.05, 0) is 42.8 Å². The smallest absolute Gasteiger partial charge is 0.379 e. The number of carbonyl (C=O) groups is 1. The molecule has 1 aliphatic rings. The van der Waals surface area contributed by atoms with Crippen LogP contribution in [-0.2, 0) is 20.9 Å². The van der Waals surface area contributed by atoms with Crippen LogP contribution in [0.1, 0.15) is 34.5 Å². The molecule has 1 atom stereocenters. The third-order valence-corrected chi connectivity index (χ3v) is 6.66. The van der Waals surface area contributed by atoms with E-state index in [9.17, 15) is 26.4 Å². The van der Waals surface area contributed by atoms with Gasteiger partial charge in [0.05, 0.1) is 29.7 Å². The Balaban J connectivity index is 1.77. The molecule has 162 valence electrons. The average Bonchev–Trinajstić information content (AvgIpc) is 2.74. The zero-order chi connectivity index (χ0) is 21.9. The van der Waals surface area contributed by atoms with Crippen LogP contribution in [0.3, 0.4) is 0 Å². The molecule has 0 aliphatic carbocycles. The Morgan fingerprint density at radius 2 is 1.77 bits per heavy atom. The van der Waals surface area contributed by atoms with Crippen molar-refractivity contribution in [2.45, 2.75) is 24.0 Å². The molecule has 1 aliphatic heterocycles. The van der Waals surface area contributed by atoms with Crippen LogP contribution in [0.25, 0.3) is 0 Å². The summed E-state index contributed by atoms with van der Waals surface area (Å²) in [6.45, 7) is 2.61. The topological polar surface area (TPSA) is 75.7 Å². The van der Waals surface area contributed by atoms with Crippen molar-refractivity contribution in [3.63, 3.8) is 0 Å². The van der Waals surface area contributed by atoms with Crippen LogP contribution in [0.2, 0.25) is 0 Å². The third kappa shape index (κ3) is 5.00. The van der Waals surface area contributed by atoms with E-state index in [2.05, 4.69) is 5.32 Å². The third-order valence-electron chi connectivity index (χ3n) is 4.77. The maximum atomic E-state index is 12.9. The Morgan fingerprint density at radius 3 is 2.43 bits per heavy atom. The zero-order valence-corrected chi connectivity index (χ0v) is 17.0. The first-order valence-corrected chi connectivity index (χ1v) is 10.7. The second-order valence-corrected chi connectivity index (χ2v) is 8.80.